The predicted octanol–water partition coefficient (Wildman–Crippen LogP) is 5.06. The number of hydrogen-bond acceptors (Lipinski definition) is 4. The summed E-state index contributed by atoms with van der Waals surface area (Å²) >= 11 is 0. The number of carbonyl (C=O) groups excluding carboxylic acids is 2. The van der Waals surface area contributed by atoms with Crippen LogP contribution in [0.3, 0.4) is 0 Å². The highest BCUT2D eigenvalue weighted by Gasteiger charge is 2.27. The van der Waals surface area contributed by atoms with E-state index in [-0.39, 0.29) is 44.6 Å². The van der Waals surface area contributed by atoms with Crippen molar-refractivity contribution in [1.29, 1.82) is 0 Å². The number of rotatable bonds is 2. The Balaban J connectivity index is -0.0000000957. The van der Waals surface area contributed by atoms with Crippen LogP contribution in [-0.4, -0.2) is 51.2 Å². The minimum absolute atomic E-state index is 0. The summed E-state index contributed by atoms with van der Waals surface area (Å²) in [5.74, 6) is 1.93. The van der Waals surface area contributed by atoms with E-state index in [2.05, 4.69) is 17.1 Å². The van der Waals surface area contributed by atoms with Crippen molar-refractivity contribution in [3.05, 3.63) is 0 Å². The molecule has 0 aliphatic heterocycles. The number of nitrogens with zero attached hydrogens (tertiary/aromatic N) is 1. The van der Waals surface area contributed by atoms with Crippen molar-refractivity contribution in [2.75, 3.05) is 34.7 Å². The molecular formula is C20H45Cl3N2O2. The van der Waals surface area contributed by atoms with Crippen molar-refractivity contribution >= 4 is 48.8 Å². The van der Waals surface area contributed by atoms with Gasteiger partial charge in [0.1, 0.15) is 11.6 Å². The Morgan fingerprint density at radius 2 is 1.37 bits per heavy atom. The van der Waals surface area contributed by atoms with Crippen LogP contribution in [-0.2, 0) is 9.59 Å². The molecular weight excluding hydrogens is 407 g/mol. The zero-order valence-corrected chi connectivity index (χ0v) is 19.8. The lowest BCUT2D eigenvalue weighted by atomic mass is 9.81. The maximum Gasteiger partial charge on any atom is 0.140 e. The van der Waals surface area contributed by atoms with Crippen LogP contribution in [0.2, 0.25) is 0 Å². The Kier molecular flexibility index (Phi) is 31.4. The Hall–Kier alpha value is 0.130. The molecule has 2 aliphatic carbocycles. The highest BCUT2D eigenvalue weighted by atomic mass is 35.5. The first-order chi connectivity index (χ1) is 10.8. The van der Waals surface area contributed by atoms with Gasteiger partial charge in [-0.15, -0.1) is 37.2 Å². The van der Waals surface area contributed by atoms with Gasteiger partial charge in [-0.25, -0.2) is 0 Å². The standard InChI is InChI=1S/C10H19NO.C7H12O.C2H7N.CH4.3ClH/c1-8-5-4-6-9(10(8)12)7-11(2)3;1-6-4-2-3-5-7(6)8;1-3-2;;;;/h8-9H,4-7H2,1-3H3;6H,2-5H2,1H3;3H,1-2H3;1H4;3*1H. The summed E-state index contributed by atoms with van der Waals surface area (Å²) in [5, 5.41) is 2.75. The van der Waals surface area contributed by atoms with Gasteiger partial charge < -0.3 is 10.2 Å². The van der Waals surface area contributed by atoms with Gasteiger partial charge in [0.25, 0.3) is 0 Å². The zero-order valence-electron chi connectivity index (χ0n) is 17.4. The molecule has 0 bridgehead atoms. The van der Waals surface area contributed by atoms with Crippen LogP contribution < -0.4 is 5.32 Å². The van der Waals surface area contributed by atoms with Crippen molar-refractivity contribution < 1.29 is 9.59 Å². The molecule has 0 spiro atoms. The van der Waals surface area contributed by atoms with Gasteiger partial charge in [-0.1, -0.05) is 34.1 Å². The monoisotopic (exact) mass is 450 g/mol. The fraction of sp³-hybridized carbons (Fsp3) is 0.900. The molecule has 2 fully saturated rings. The molecule has 3 unspecified atom stereocenters. The number of carbonyl (C=O) groups is 2. The van der Waals surface area contributed by atoms with Gasteiger partial charge in [0.2, 0.25) is 0 Å². The van der Waals surface area contributed by atoms with E-state index in [1.165, 1.54) is 12.8 Å². The lowest BCUT2D eigenvalue weighted by Gasteiger charge is -2.27. The van der Waals surface area contributed by atoms with Crippen molar-refractivity contribution in [3.8, 4) is 0 Å². The predicted molar refractivity (Wildman–Crippen MR) is 126 cm³/mol. The minimum Gasteiger partial charge on any atom is -0.323 e. The Morgan fingerprint density at radius 3 is 1.74 bits per heavy atom. The average molecular weight is 452 g/mol. The number of nitrogens with one attached hydrogen (secondary N) is 1. The molecule has 2 rings (SSSR count). The molecule has 1 N–H and O–H groups in total. The number of ketones is 2. The van der Waals surface area contributed by atoms with E-state index in [0.29, 0.717) is 29.3 Å². The highest BCUT2D eigenvalue weighted by Crippen LogP contribution is 2.25. The topological polar surface area (TPSA) is 49.4 Å². The zero-order chi connectivity index (χ0) is 17.8. The van der Waals surface area contributed by atoms with Gasteiger partial charge in [0.15, 0.2) is 0 Å². The number of halogens is 3. The largest absolute Gasteiger partial charge is 0.323 e. The molecule has 0 aromatic rings. The molecule has 3 atom stereocenters. The van der Waals surface area contributed by atoms with Crippen molar-refractivity contribution in [2.45, 2.75) is 66.2 Å². The van der Waals surface area contributed by atoms with Crippen molar-refractivity contribution in [3.63, 3.8) is 0 Å². The van der Waals surface area contributed by atoms with E-state index in [1.807, 2.05) is 35.1 Å². The van der Waals surface area contributed by atoms with Gasteiger partial charge in [-0.05, 0) is 53.9 Å². The fourth-order valence-corrected chi connectivity index (χ4v) is 3.14. The normalized spacial score (nSPS) is 23.6. The summed E-state index contributed by atoms with van der Waals surface area (Å²) < 4.78 is 0. The molecule has 0 saturated heterocycles. The van der Waals surface area contributed by atoms with Crippen molar-refractivity contribution in [1.82, 2.24) is 10.2 Å². The molecule has 168 valence electrons. The molecule has 0 amide bonds. The first-order valence-electron chi connectivity index (χ1n) is 9.13. The maximum atomic E-state index is 11.6. The molecule has 0 heterocycles. The second kappa shape index (κ2) is 22.4. The summed E-state index contributed by atoms with van der Waals surface area (Å²) in [5.41, 5.74) is 0. The summed E-state index contributed by atoms with van der Waals surface area (Å²) in [6.45, 7) is 5.02. The van der Waals surface area contributed by atoms with Gasteiger partial charge in [0, 0.05) is 30.7 Å². The SMILES string of the molecule is C.CC1CCCC(CN(C)C)C1=O.CC1CCCCC1=O.CNC.Cl.Cl.Cl. The van der Waals surface area contributed by atoms with Gasteiger partial charge in [0.05, 0.1) is 0 Å². The quantitative estimate of drug-likeness (QED) is 0.637. The minimum atomic E-state index is 0. The Bertz CT molecular complexity index is 356. The fourth-order valence-electron chi connectivity index (χ4n) is 3.14. The molecule has 0 aromatic heterocycles. The van der Waals surface area contributed by atoms with E-state index in [0.717, 1.165) is 38.6 Å². The summed E-state index contributed by atoms with van der Waals surface area (Å²) in [4.78, 5) is 24.5. The van der Waals surface area contributed by atoms with E-state index in [4.69, 9.17) is 0 Å². The molecule has 2 saturated carbocycles. The summed E-state index contributed by atoms with van der Waals surface area (Å²) in [6, 6.07) is 0. The van der Waals surface area contributed by atoms with E-state index < -0.39 is 0 Å². The highest BCUT2D eigenvalue weighted by molar-refractivity contribution is 5.86. The van der Waals surface area contributed by atoms with Crippen LogP contribution >= 0.6 is 37.2 Å². The number of hydrogen-bond donors (Lipinski definition) is 1. The average Bonchev–Trinajstić information content (AvgIpc) is 2.48. The van der Waals surface area contributed by atoms with Crippen molar-refractivity contribution in [2.24, 2.45) is 17.8 Å². The molecule has 2 aliphatic rings. The molecule has 0 aromatic carbocycles. The third kappa shape index (κ3) is 17.9. The lowest BCUT2D eigenvalue weighted by molar-refractivity contribution is -0.129. The smallest absolute Gasteiger partial charge is 0.140 e. The van der Waals surface area contributed by atoms with Gasteiger partial charge in [-0.3, -0.25) is 9.59 Å². The second-order valence-corrected chi connectivity index (χ2v) is 7.31. The lowest BCUT2D eigenvalue weighted by Crippen LogP contribution is -2.34. The molecule has 4 nitrogen and oxygen atoms in total. The third-order valence-electron chi connectivity index (χ3n) is 4.52. The van der Waals surface area contributed by atoms with E-state index in [1.54, 1.807) is 0 Å². The van der Waals surface area contributed by atoms with Crippen LogP contribution in [0.25, 0.3) is 0 Å². The maximum absolute atomic E-state index is 11.6. The number of Topliss-reactive ketones (excluding diaryl/α,β-unsaturated/α-hetero) is 2. The Morgan fingerprint density at radius 1 is 0.889 bits per heavy atom. The van der Waals surface area contributed by atoms with Crippen LogP contribution in [0.5, 0.6) is 0 Å². The summed E-state index contributed by atoms with van der Waals surface area (Å²) in [6.07, 6.45) is 7.77. The van der Waals surface area contributed by atoms with Crippen LogP contribution in [0.4, 0.5) is 0 Å². The Labute approximate surface area is 187 Å². The van der Waals surface area contributed by atoms with Crippen LogP contribution in [0.15, 0.2) is 0 Å². The molecule has 0 radical (unpaired) electrons. The van der Waals surface area contributed by atoms with Gasteiger partial charge in [-0.2, -0.15) is 0 Å². The van der Waals surface area contributed by atoms with E-state index in [9.17, 15) is 9.59 Å². The van der Waals surface area contributed by atoms with Gasteiger partial charge >= 0.3 is 0 Å². The molecule has 27 heavy (non-hydrogen) atoms. The first kappa shape index (κ1) is 37.8. The van der Waals surface area contributed by atoms with E-state index >= 15 is 0 Å². The first-order valence-corrected chi connectivity index (χ1v) is 9.13. The van der Waals surface area contributed by atoms with Crippen LogP contribution in [0, 0.1) is 17.8 Å². The summed E-state index contributed by atoms with van der Waals surface area (Å²) in [7, 11) is 7.82. The van der Waals surface area contributed by atoms with Crippen LogP contribution in [0.1, 0.15) is 66.2 Å². The third-order valence-corrected chi connectivity index (χ3v) is 4.52. The molecule has 7 heteroatoms. The second-order valence-electron chi connectivity index (χ2n) is 7.31.